The van der Waals surface area contributed by atoms with Gasteiger partial charge in [-0.2, -0.15) is 0 Å². The van der Waals surface area contributed by atoms with E-state index in [2.05, 4.69) is 13.5 Å². The van der Waals surface area contributed by atoms with Crippen LogP contribution < -0.4 is 0 Å². The Morgan fingerprint density at radius 2 is 2.20 bits per heavy atom. The molecular weight excluding hydrogens is 156 g/mol. The van der Waals surface area contributed by atoms with Crippen LogP contribution in [0.1, 0.15) is 19.8 Å². The van der Waals surface area contributed by atoms with E-state index in [1.54, 1.807) is 0 Å². The summed E-state index contributed by atoms with van der Waals surface area (Å²) < 4.78 is 5.90. The molecule has 0 saturated carbocycles. The van der Waals surface area contributed by atoms with Crippen LogP contribution in [0.4, 0.5) is 0 Å². The van der Waals surface area contributed by atoms with Crippen molar-refractivity contribution >= 4 is 18.6 Å². The molecule has 0 aromatic rings. The summed E-state index contributed by atoms with van der Waals surface area (Å²) in [4.78, 5) is 0. The summed E-state index contributed by atoms with van der Waals surface area (Å²) in [5.41, 5.74) is 0. The average molecular weight is 174 g/mol. The quantitative estimate of drug-likeness (QED) is 0.541. The fraction of sp³-hybridized carbons (Fsp3) is 1.00. The molecule has 1 fully saturated rings. The topological polar surface area (TPSA) is 9.23 Å². The minimum atomic E-state index is -1.15. The molecule has 3 heteroatoms. The molecule has 0 N–H and O–H groups in total. The number of hydrogen-bond acceptors (Lipinski definition) is 1. The van der Waals surface area contributed by atoms with Gasteiger partial charge in [0, 0.05) is 16.8 Å². The first-order chi connectivity index (χ1) is 4.65. The van der Waals surface area contributed by atoms with Gasteiger partial charge in [-0.05, 0) is 24.2 Å². The molecule has 0 radical (unpaired) electrons. The van der Waals surface area contributed by atoms with E-state index in [9.17, 15) is 0 Å². The number of rotatable bonds is 1. The zero-order chi connectivity index (χ0) is 7.61. The second-order valence-electron chi connectivity index (χ2n) is 3.77. The van der Waals surface area contributed by atoms with Crippen molar-refractivity contribution in [2.45, 2.75) is 37.5 Å². The monoisotopic (exact) mass is 174 g/mol. The van der Waals surface area contributed by atoms with E-state index in [4.69, 9.17) is 4.43 Å². The molecule has 0 aromatic heterocycles. The summed E-state index contributed by atoms with van der Waals surface area (Å²) in [5.74, 6) is 0. The van der Waals surface area contributed by atoms with Crippen LogP contribution >= 0.6 is 0 Å². The molecule has 0 amide bonds. The fourth-order valence-corrected chi connectivity index (χ4v) is 5.39. The Labute approximate surface area is 67.7 Å². The first-order valence-electron chi connectivity index (χ1n) is 4.29. The Morgan fingerprint density at radius 1 is 1.50 bits per heavy atom. The van der Waals surface area contributed by atoms with E-state index in [1.807, 2.05) is 0 Å². The van der Waals surface area contributed by atoms with Crippen molar-refractivity contribution < 1.29 is 4.43 Å². The highest BCUT2D eigenvalue weighted by Gasteiger charge is 2.34. The first-order valence-corrected chi connectivity index (χ1v) is 8.14. The molecule has 1 aliphatic heterocycles. The van der Waals surface area contributed by atoms with E-state index in [0.717, 1.165) is 11.8 Å². The van der Waals surface area contributed by atoms with Gasteiger partial charge in [-0.1, -0.05) is 13.3 Å². The van der Waals surface area contributed by atoms with Crippen molar-refractivity contribution in [3.8, 4) is 0 Å². The van der Waals surface area contributed by atoms with Crippen LogP contribution in [-0.2, 0) is 4.43 Å². The van der Waals surface area contributed by atoms with Crippen molar-refractivity contribution in [1.29, 1.82) is 0 Å². The Morgan fingerprint density at radius 3 is 2.50 bits per heavy atom. The lowest BCUT2D eigenvalue weighted by molar-refractivity contribution is 0.269. The van der Waals surface area contributed by atoms with Gasteiger partial charge in [-0.15, -0.1) is 0 Å². The lowest BCUT2D eigenvalue weighted by atomic mass is 10.4. The van der Waals surface area contributed by atoms with Gasteiger partial charge in [0.05, 0.1) is 0 Å². The summed E-state index contributed by atoms with van der Waals surface area (Å²) in [6.07, 6.45) is 2.73. The Bertz CT molecular complexity index is 108. The maximum absolute atomic E-state index is 5.90. The Balaban J connectivity index is 2.48. The van der Waals surface area contributed by atoms with Crippen molar-refractivity contribution in [2.75, 3.05) is 6.61 Å². The summed E-state index contributed by atoms with van der Waals surface area (Å²) in [7, 11) is 0.169. The molecule has 1 nitrogen and oxygen atoms in total. The van der Waals surface area contributed by atoms with Crippen LogP contribution in [0.2, 0.25) is 17.8 Å². The highest BCUT2D eigenvalue weighted by molar-refractivity contribution is 6.79. The third-order valence-electron chi connectivity index (χ3n) is 2.72. The van der Waals surface area contributed by atoms with Crippen LogP contribution in [0.5, 0.6) is 0 Å². The molecule has 1 rings (SSSR count). The van der Waals surface area contributed by atoms with Gasteiger partial charge in [0.25, 0.3) is 0 Å². The largest absolute Gasteiger partial charge is 0.417 e. The molecule has 2 atom stereocenters. The van der Waals surface area contributed by atoms with Crippen molar-refractivity contribution in [3.63, 3.8) is 0 Å². The molecule has 10 heavy (non-hydrogen) atoms. The van der Waals surface area contributed by atoms with Crippen LogP contribution in [0, 0.1) is 0 Å². The second kappa shape index (κ2) is 3.19. The summed E-state index contributed by atoms with van der Waals surface area (Å²) in [6, 6.07) is 1.41. The highest BCUT2D eigenvalue weighted by Crippen LogP contribution is 2.29. The van der Waals surface area contributed by atoms with Crippen LogP contribution in [0.3, 0.4) is 0 Å². The van der Waals surface area contributed by atoms with E-state index in [0.29, 0.717) is 0 Å². The minimum absolute atomic E-state index is 0.938. The van der Waals surface area contributed by atoms with Crippen LogP contribution in [0.15, 0.2) is 0 Å². The molecule has 1 saturated heterocycles. The zero-order valence-electron chi connectivity index (χ0n) is 7.31. The smallest absolute Gasteiger partial charge is 0.189 e. The molecule has 60 valence electrons. The fourth-order valence-electron chi connectivity index (χ4n) is 1.41. The van der Waals surface area contributed by atoms with Gasteiger partial charge in [-0.25, -0.2) is 0 Å². The maximum Gasteiger partial charge on any atom is 0.189 e. The van der Waals surface area contributed by atoms with Crippen LogP contribution in [0.25, 0.3) is 0 Å². The third-order valence-corrected chi connectivity index (χ3v) is 11.0. The van der Waals surface area contributed by atoms with Gasteiger partial charge >= 0.3 is 0 Å². The van der Waals surface area contributed by atoms with Gasteiger partial charge in [-0.3, -0.25) is 0 Å². The molecule has 2 unspecified atom stereocenters. The molecule has 0 aromatic carbocycles. The SMILES string of the molecule is CC([SiH3])[Si]1(C)CCCCO1. The molecule has 0 bridgehead atoms. The van der Waals surface area contributed by atoms with Crippen molar-refractivity contribution in [3.05, 3.63) is 0 Å². The van der Waals surface area contributed by atoms with Gasteiger partial charge in [0.2, 0.25) is 0 Å². The molecule has 0 aliphatic carbocycles. The first kappa shape index (κ1) is 8.49. The number of hydrogen-bond donors (Lipinski definition) is 0. The predicted octanol–water partition coefficient (Wildman–Crippen LogP) is 1.09. The second-order valence-corrected chi connectivity index (χ2v) is 11.2. The summed E-state index contributed by atoms with van der Waals surface area (Å²) in [6.45, 7) is 5.82. The van der Waals surface area contributed by atoms with Crippen molar-refractivity contribution in [2.24, 2.45) is 0 Å². The predicted molar refractivity (Wildman–Crippen MR) is 51.0 cm³/mol. The van der Waals surface area contributed by atoms with E-state index in [-0.39, 0.29) is 0 Å². The Hall–Kier alpha value is 0.394. The average Bonchev–Trinajstić information content (AvgIpc) is 1.89. The highest BCUT2D eigenvalue weighted by atomic mass is 28.4. The molecule has 1 heterocycles. The lowest BCUT2D eigenvalue weighted by Crippen LogP contribution is -2.42. The summed E-state index contributed by atoms with van der Waals surface area (Å²) >= 11 is 0. The molecule has 0 spiro atoms. The Kier molecular flexibility index (Phi) is 2.71. The normalized spacial score (nSPS) is 37.8. The maximum atomic E-state index is 5.90. The standard InChI is InChI=1S/C7H18OSi2/c1-7(9)10(2)6-4-3-5-8-10/h7H,3-6H2,1-2,9H3. The zero-order valence-corrected chi connectivity index (χ0v) is 10.3. The van der Waals surface area contributed by atoms with E-state index >= 15 is 0 Å². The molecular formula is C7H18OSi2. The van der Waals surface area contributed by atoms with Crippen LogP contribution in [-0.4, -0.2) is 25.2 Å². The van der Waals surface area contributed by atoms with E-state index in [1.165, 1.54) is 29.1 Å². The van der Waals surface area contributed by atoms with Gasteiger partial charge < -0.3 is 4.43 Å². The lowest BCUT2D eigenvalue weighted by Gasteiger charge is -2.34. The summed E-state index contributed by atoms with van der Waals surface area (Å²) in [5, 5.41) is 0.938. The van der Waals surface area contributed by atoms with Gasteiger partial charge in [0.15, 0.2) is 8.32 Å². The minimum Gasteiger partial charge on any atom is -0.417 e. The van der Waals surface area contributed by atoms with E-state index < -0.39 is 8.32 Å². The van der Waals surface area contributed by atoms with Crippen molar-refractivity contribution in [1.82, 2.24) is 0 Å². The third kappa shape index (κ3) is 1.71. The van der Waals surface area contributed by atoms with Gasteiger partial charge in [0.1, 0.15) is 0 Å². The molecule has 1 aliphatic rings.